The standard InChI is InChI=1S/C23H21ClN4OS/c24-16-4-1-14(2-5-16)22(23-26-9-10-30-23)15-3-6-19-18(11-15)20(12-21(29)28-19)27-17-7-8-25-13-17/h1-6,9-12,17,22,25H,7-8,13H2,(H2,27,28,29)/t17-,22?/m0/s1. The highest BCUT2D eigenvalue weighted by molar-refractivity contribution is 7.09. The Morgan fingerprint density at radius 2 is 1.97 bits per heavy atom. The molecule has 2 atom stereocenters. The molecule has 1 aliphatic rings. The maximum atomic E-state index is 12.2. The van der Waals surface area contributed by atoms with Gasteiger partial charge in [-0.2, -0.15) is 0 Å². The van der Waals surface area contributed by atoms with Gasteiger partial charge in [0.2, 0.25) is 5.56 Å². The minimum Gasteiger partial charge on any atom is -0.380 e. The van der Waals surface area contributed by atoms with Crippen LogP contribution >= 0.6 is 22.9 Å². The van der Waals surface area contributed by atoms with Crippen molar-refractivity contribution in [3.63, 3.8) is 0 Å². The van der Waals surface area contributed by atoms with Crippen LogP contribution in [0.25, 0.3) is 10.9 Å². The minimum atomic E-state index is -0.0992. The molecule has 4 aromatic rings. The Morgan fingerprint density at radius 3 is 2.70 bits per heavy atom. The lowest BCUT2D eigenvalue weighted by Crippen LogP contribution is -2.23. The number of rotatable bonds is 5. The third-order valence-electron chi connectivity index (χ3n) is 5.52. The van der Waals surface area contributed by atoms with Crippen molar-refractivity contribution in [2.75, 3.05) is 18.4 Å². The first kappa shape index (κ1) is 19.3. The number of benzene rings is 2. The van der Waals surface area contributed by atoms with Gasteiger partial charge < -0.3 is 15.6 Å². The van der Waals surface area contributed by atoms with Gasteiger partial charge in [0, 0.05) is 46.3 Å². The molecule has 0 saturated carbocycles. The molecule has 1 saturated heterocycles. The van der Waals surface area contributed by atoms with E-state index in [2.05, 4.69) is 44.9 Å². The number of nitrogens with one attached hydrogen (secondary N) is 3. The minimum absolute atomic E-state index is 0.000378. The molecule has 5 nitrogen and oxygen atoms in total. The van der Waals surface area contributed by atoms with E-state index >= 15 is 0 Å². The van der Waals surface area contributed by atoms with Gasteiger partial charge in [-0.25, -0.2) is 4.98 Å². The van der Waals surface area contributed by atoms with E-state index in [0.717, 1.165) is 52.2 Å². The van der Waals surface area contributed by atoms with Crippen LogP contribution in [-0.4, -0.2) is 29.1 Å². The number of aromatic nitrogens is 2. The molecule has 1 aliphatic heterocycles. The number of nitrogens with zero attached hydrogens (tertiary/aromatic N) is 1. The molecule has 152 valence electrons. The summed E-state index contributed by atoms with van der Waals surface area (Å²) in [6, 6.07) is 16.1. The summed E-state index contributed by atoms with van der Waals surface area (Å²) in [6.45, 7) is 1.90. The maximum absolute atomic E-state index is 12.2. The molecule has 1 fully saturated rings. The highest BCUT2D eigenvalue weighted by Crippen LogP contribution is 2.36. The van der Waals surface area contributed by atoms with Gasteiger partial charge in [-0.05, 0) is 48.4 Å². The Bertz CT molecular complexity index is 1210. The number of fused-ring (bicyclic) bond motifs is 1. The average Bonchev–Trinajstić information content (AvgIpc) is 3.44. The van der Waals surface area contributed by atoms with E-state index in [0.29, 0.717) is 11.1 Å². The van der Waals surface area contributed by atoms with Crippen molar-refractivity contribution in [3.05, 3.63) is 91.6 Å². The zero-order valence-corrected chi connectivity index (χ0v) is 17.8. The van der Waals surface area contributed by atoms with Gasteiger partial charge in [0.15, 0.2) is 0 Å². The number of thiazole rings is 1. The van der Waals surface area contributed by atoms with E-state index in [4.69, 9.17) is 11.6 Å². The summed E-state index contributed by atoms with van der Waals surface area (Å²) in [5.74, 6) is -0.000378. The van der Waals surface area contributed by atoms with Crippen LogP contribution in [0.3, 0.4) is 0 Å². The summed E-state index contributed by atoms with van der Waals surface area (Å²) >= 11 is 7.76. The van der Waals surface area contributed by atoms with Crippen LogP contribution in [0.15, 0.2) is 64.9 Å². The Morgan fingerprint density at radius 1 is 1.13 bits per heavy atom. The molecule has 0 amide bonds. The predicted molar refractivity (Wildman–Crippen MR) is 124 cm³/mol. The summed E-state index contributed by atoms with van der Waals surface area (Å²) in [6.07, 6.45) is 2.88. The largest absolute Gasteiger partial charge is 0.380 e. The second kappa shape index (κ2) is 8.22. The zero-order chi connectivity index (χ0) is 20.5. The van der Waals surface area contributed by atoms with Gasteiger partial charge in [-0.15, -0.1) is 11.3 Å². The van der Waals surface area contributed by atoms with Gasteiger partial charge in [-0.1, -0.05) is 29.8 Å². The van der Waals surface area contributed by atoms with Crippen LogP contribution < -0.4 is 16.2 Å². The quantitative estimate of drug-likeness (QED) is 0.428. The Balaban J connectivity index is 1.63. The van der Waals surface area contributed by atoms with Crippen molar-refractivity contribution in [2.24, 2.45) is 0 Å². The van der Waals surface area contributed by atoms with E-state index < -0.39 is 0 Å². The highest BCUT2D eigenvalue weighted by atomic mass is 35.5. The van der Waals surface area contributed by atoms with Gasteiger partial charge in [0.05, 0.1) is 11.4 Å². The van der Waals surface area contributed by atoms with Crippen LogP contribution in [0, 0.1) is 0 Å². The van der Waals surface area contributed by atoms with Crippen molar-refractivity contribution in [2.45, 2.75) is 18.4 Å². The van der Waals surface area contributed by atoms with Crippen LogP contribution in [0.2, 0.25) is 5.02 Å². The number of hydrogen-bond donors (Lipinski definition) is 3. The number of anilines is 1. The first-order valence-electron chi connectivity index (χ1n) is 9.96. The zero-order valence-electron chi connectivity index (χ0n) is 16.2. The van der Waals surface area contributed by atoms with E-state index in [1.54, 1.807) is 17.4 Å². The molecular formula is C23H21ClN4OS. The molecule has 0 radical (unpaired) electrons. The molecule has 0 spiro atoms. The molecule has 1 unspecified atom stereocenters. The number of H-pyrrole nitrogens is 1. The normalized spacial score (nSPS) is 17.3. The molecule has 3 N–H and O–H groups in total. The molecular weight excluding hydrogens is 416 g/mol. The van der Waals surface area contributed by atoms with Gasteiger partial charge in [0.1, 0.15) is 5.01 Å². The molecule has 2 aromatic carbocycles. The van der Waals surface area contributed by atoms with E-state index in [9.17, 15) is 4.79 Å². The second-order valence-corrected chi connectivity index (χ2v) is 8.90. The smallest absolute Gasteiger partial charge is 0.250 e. The van der Waals surface area contributed by atoms with Crippen molar-refractivity contribution < 1.29 is 0 Å². The Labute approximate surface area is 183 Å². The lowest BCUT2D eigenvalue weighted by Gasteiger charge is -2.19. The van der Waals surface area contributed by atoms with E-state index in [1.165, 1.54) is 0 Å². The lowest BCUT2D eigenvalue weighted by atomic mass is 9.90. The SMILES string of the molecule is O=c1cc(N[C@H]2CCNC2)c2cc(C(c3ccc(Cl)cc3)c3nccs3)ccc2[nH]1. The Kier molecular flexibility index (Phi) is 5.29. The predicted octanol–water partition coefficient (Wildman–Crippen LogP) is 4.59. The van der Waals surface area contributed by atoms with Crippen LogP contribution in [-0.2, 0) is 0 Å². The molecule has 0 aliphatic carbocycles. The summed E-state index contributed by atoms with van der Waals surface area (Å²) in [5.41, 5.74) is 3.86. The fourth-order valence-corrected chi connectivity index (χ4v) is 5.00. The third-order valence-corrected chi connectivity index (χ3v) is 6.61. The van der Waals surface area contributed by atoms with Crippen LogP contribution in [0.5, 0.6) is 0 Å². The molecule has 5 rings (SSSR count). The fourth-order valence-electron chi connectivity index (χ4n) is 4.08. The molecule has 0 bridgehead atoms. The van der Waals surface area contributed by atoms with Crippen molar-refractivity contribution in [1.29, 1.82) is 0 Å². The number of pyridine rings is 1. The van der Waals surface area contributed by atoms with Crippen molar-refractivity contribution in [3.8, 4) is 0 Å². The Hall–Kier alpha value is -2.67. The number of halogens is 1. The second-order valence-electron chi connectivity index (χ2n) is 7.54. The lowest BCUT2D eigenvalue weighted by molar-refractivity contribution is 0.794. The highest BCUT2D eigenvalue weighted by Gasteiger charge is 2.21. The van der Waals surface area contributed by atoms with Crippen molar-refractivity contribution >= 4 is 39.5 Å². The van der Waals surface area contributed by atoms with Gasteiger partial charge in [-0.3, -0.25) is 4.79 Å². The third kappa shape index (κ3) is 3.86. The maximum Gasteiger partial charge on any atom is 0.250 e. The topological polar surface area (TPSA) is 69.8 Å². The monoisotopic (exact) mass is 436 g/mol. The molecule has 3 heterocycles. The van der Waals surface area contributed by atoms with Gasteiger partial charge >= 0.3 is 0 Å². The summed E-state index contributed by atoms with van der Waals surface area (Å²) in [5, 5.41) is 11.7. The van der Waals surface area contributed by atoms with Gasteiger partial charge in [0.25, 0.3) is 0 Å². The van der Waals surface area contributed by atoms with E-state index in [1.807, 2.05) is 29.8 Å². The van der Waals surface area contributed by atoms with Crippen LogP contribution in [0.1, 0.15) is 28.5 Å². The molecule has 2 aromatic heterocycles. The summed E-state index contributed by atoms with van der Waals surface area (Å²) in [7, 11) is 0. The molecule has 7 heteroatoms. The molecule has 30 heavy (non-hydrogen) atoms. The number of hydrogen-bond acceptors (Lipinski definition) is 5. The fraction of sp³-hybridized carbons (Fsp3) is 0.217. The first-order valence-corrected chi connectivity index (χ1v) is 11.2. The average molecular weight is 437 g/mol. The van der Waals surface area contributed by atoms with E-state index in [-0.39, 0.29) is 11.5 Å². The number of aromatic amines is 1. The summed E-state index contributed by atoms with van der Waals surface area (Å²) in [4.78, 5) is 19.8. The first-order chi connectivity index (χ1) is 14.7. The van der Waals surface area contributed by atoms with Crippen molar-refractivity contribution in [1.82, 2.24) is 15.3 Å². The summed E-state index contributed by atoms with van der Waals surface area (Å²) < 4.78 is 0. The van der Waals surface area contributed by atoms with Crippen LogP contribution in [0.4, 0.5) is 5.69 Å².